The minimum absolute atomic E-state index is 0.0127. The molecule has 2 bridgehead atoms. The quantitative estimate of drug-likeness (QED) is 0.711. The first-order valence-electron chi connectivity index (χ1n) is 6.28. The van der Waals surface area contributed by atoms with Crippen molar-refractivity contribution < 1.29 is 14.6 Å². The zero-order valence-corrected chi connectivity index (χ0v) is 10.8. The SMILES string of the molecule is CC(C)(C)OC(=O)N1[C@H]2CC[C@H]1[C@@H](CO)NC2. The van der Waals surface area contributed by atoms with Gasteiger partial charge in [0.1, 0.15) is 5.60 Å². The number of carbonyl (C=O) groups excluding carboxylic acids is 1. The van der Waals surface area contributed by atoms with Gasteiger partial charge in [0.2, 0.25) is 0 Å². The third-order valence-electron chi connectivity index (χ3n) is 3.43. The van der Waals surface area contributed by atoms with E-state index in [0.29, 0.717) is 0 Å². The monoisotopic (exact) mass is 242 g/mol. The van der Waals surface area contributed by atoms with Crippen molar-refractivity contribution in [1.29, 1.82) is 0 Å². The molecular weight excluding hydrogens is 220 g/mol. The second-order valence-electron chi connectivity index (χ2n) is 5.88. The highest BCUT2D eigenvalue weighted by Gasteiger charge is 2.45. The van der Waals surface area contributed by atoms with Crippen LogP contribution >= 0.6 is 0 Å². The molecule has 2 aliphatic heterocycles. The van der Waals surface area contributed by atoms with E-state index in [4.69, 9.17) is 4.74 Å². The molecule has 2 saturated heterocycles. The van der Waals surface area contributed by atoms with Crippen molar-refractivity contribution in [3.63, 3.8) is 0 Å². The molecule has 17 heavy (non-hydrogen) atoms. The molecule has 98 valence electrons. The Balaban J connectivity index is 2.07. The molecule has 2 heterocycles. The molecule has 1 amide bonds. The van der Waals surface area contributed by atoms with Crippen molar-refractivity contribution in [3.05, 3.63) is 0 Å². The van der Waals surface area contributed by atoms with E-state index in [2.05, 4.69) is 5.32 Å². The average molecular weight is 242 g/mol. The molecule has 2 fully saturated rings. The van der Waals surface area contributed by atoms with Gasteiger partial charge in [-0.3, -0.25) is 4.90 Å². The van der Waals surface area contributed by atoms with Gasteiger partial charge in [-0.15, -0.1) is 0 Å². The van der Waals surface area contributed by atoms with E-state index in [1.807, 2.05) is 25.7 Å². The molecule has 0 spiro atoms. The Bertz CT molecular complexity index is 301. The number of nitrogens with zero attached hydrogens (tertiary/aromatic N) is 1. The highest BCUT2D eigenvalue weighted by atomic mass is 16.6. The number of ether oxygens (including phenoxy) is 1. The molecular formula is C12H22N2O3. The van der Waals surface area contributed by atoms with Crippen LogP contribution in [0.3, 0.4) is 0 Å². The van der Waals surface area contributed by atoms with Crippen LogP contribution in [0.1, 0.15) is 33.6 Å². The van der Waals surface area contributed by atoms with Crippen LogP contribution in [0.15, 0.2) is 0 Å². The molecule has 3 atom stereocenters. The Morgan fingerprint density at radius 1 is 1.47 bits per heavy atom. The van der Waals surface area contributed by atoms with Gasteiger partial charge in [0.15, 0.2) is 0 Å². The molecule has 5 nitrogen and oxygen atoms in total. The van der Waals surface area contributed by atoms with E-state index < -0.39 is 5.60 Å². The number of piperazine rings is 1. The van der Waals surface area contributed by atoms with Crippen molar-refractivity contribution in [1.82, 2.24) is 10.2 Å². The van der Waals surface area contributed by atoms with Gasteiger partial charge in [0.25, 0.3) is 0 Å². The van der Waals surface area contributed by atoms with Gasteiger partial charge in [0.05, 0.1) is 18.7 Å². The van der Waals surface area contributed by atoms with Crippen LogP contribution in [0.4, 0.5) is 4.79 Å². The van der Waals surface area contributed by atoms with Crippen LogP contribution in [0, 0.1) is 0 Å². The van der Waals surface area contributed by atoms with Gasteiger partial charge < -0.3 is 15.2 Å². The lowest BCUT2D eigenvalue weighted by Crippen LogP contribution is -2.61. The van der Waals surface area contributed by atoms with Crippen LogP contribution in [0.25, 0.3) is 0 Å². The number of hydrogen-bond acceptors (Lipinski definition) is 4. The number of carbonyl (C=O) groups is 1. The van der Waals surface area contributed by atoms with Crippen LogP contribution < -0.4 is 5.32 Å². The van der Waals surface area contributed by atoms with Gasteiger partial charge in [-0.1, -0.05) is 0 Å². The summed E-state index contributed by atoms with van der Waals surface area (Å²) in [5.41, 5.74) is -0.462. The lowest BCUT2D eigenvalue weighted by atomic mass is 10.1. The van der Waals surface area contributed by atoms with E-state index in [9.17, 15) is 9.90 Å². The topological polar surface area (TPSA) is 61.8 Å². The Hall–Kier alpha value is -0.810. The maximum absolute atomic E-state index is 12.1. The second kappa shape index (κ2) is 4.46. The van der Waals surface area contributed by atoms with Crippen LogP contribution in [-0.2, 0) is 4.74 Å². The first kappa shape index (κ1) is 12.6. The Morgan fingerprint density at radius 3 is 2.76 bits per heavy atom. The number of hydrogen-bond donors (Lipinski definition) is 2. The first-order valence-corrected chi connectivity index (χ1v) is 6.28. The molecule has 5 heteroatoms. The summed E-state index contributed by atoms with van der Waals surface area (Å²) in [6.45, 7) is 6.44. The predicted octanol–water partition coefficient (Wildman–Crippen LogP) is 0.719. The fraction of sp³-hybridized carbons (Fsp3) is 0.917. The smallest absolute Gasteiger partial charge is 0.410 e. The molecule has 2 aliphatic rings. The van der Waals surface area contributed by atoms with Crippen molar-refractivity contribution >= 4 is 6.09 Å². The van der Waals surface area contributed by atoms with Crippen LogP contribution in [-0.4, -0.2) is 53.0 Å². The normalized spacial score (nSPS) is 32.7. The van der Waals surface area contributed by atoms with Gasteiger partial charge in [0, 0.05) is 12.6 Å². The molecule has 0 aromatic carbocycles. The third-order valence-corrected chi connectivity index (χ3v) is 3.43. The number of rotatable bonds is 1. The average Bonchev–Trinajstić information content (AvgIpc) is 2.52. The highest BCUT2D eigenvalue weighted by Crippen LogP contribution is 2.31. The van der Waals surface area contributed by atoms with E-state index in [0.717, 1.165) is 19.4 Å². The standard InChI is InChI=1S/C12H22N2O3/c1-12(2,3)17-11(16)14-8-4-5-10(14)9(7-15)13-6-8/h8-10,13,15H,4-7H2,1-3H3/t8-,9+,10-/m0/s1. The summed E-state index contributed by atoms with van der Waals surface area (Å²) in [6, 6.07) is 0.285. The summed E-state index contributed by atoms with van der Waals surface area (Å²) in [5, 5.41) is 12.6. The fourth-order valence-electron chi connectivity index (χ4n) is 2.72. The number of amides is 1. The number of fused-ring (bicyclic) bond motifs is 2. The second-order valence-corrected chi connectivity index (χ2v) is 5.88. The van der Waals surface area contributed by atoms with E-state index in [1.54, 1.807) is 0 Å². The zero-order chi connectivity index (χ0) is 12.6. The van der Waals surface area contributed by atoms with Gasteiger partial charge in [-0.25, -0.2) is 4.79 Å². The largest absolute Gasteiger partial charge is 0.444 e. The van der Waals surface area contributed by atoms with Crippen LogP contribution in [0.2, 0.25) is 0 Å². The van der Waals surface area contributed by atoms with Gasteiger partial charge >= 0.3 is 6.09 Å². The predicted molar refractivity (Wildman–Crippen MR) is 63.8 cm³/mol. The van der Waals surface area contributed by atoms with Crippen molar-refractivity contribution in [2.75, 3.05) is 13.2 Å². The van der Waals surface area contributed by atoms with E-state index in [-0.39, 0.29) is 30.8 Å². The highest BCUT2D eigenvalue weighted by molar-refractivity contribution is 5.70. The first-order chi connectivity index (χ1) is 7.92. The number of aliphatic hydroxyl groups is 1. The van der Waals surface area contributed by atoms with E-state index >= 15 is 0 Å². The fourth-order valence-corrected chi connectivity index (χ4v) is 2.72. The summed E-state index contributed by atoms with van der Waals surface area (Å²) in [4.78, 5) is 14.0. The minimum Gasteiger partial charge on any atom is -0.444 e. The summed E-state index contributed by atoms with van der Waals surface area (Å²) < 4.78 is 5.43. The number of nitrogens with one attached hydrogen (secondary N) is 1. The molecule has 0 aromatic heterocycles. The molecule has 0 aromatic rings. The summed E-state index contributed by atoms with van der Waals surface area (Å²) in [5.74, 6) is 0. The van der Waals surface area contributed by atoms with E-state index in [1.165, 1.54) is 0 Å². The van der Waals surface area contributed by atoms with Crippen LogP contribution in [0.5, 0.6) is 0 Å². The molecule has 2 N–H and O–H groups in total. The molecule has 2 rings (SSSR count). The molecule has 0 saturated carbocycles. The summed E-state index contributed by atoms with van der Waals surface area (Å²) in [7, 11) is 0. The minimum atomic E-state index is -0.462. The lowest BCUT2D eigenvalue weighted by molar-refractivity contribution is 0.000412. The molecule has 0 unspecified atom stereocenters. The Labute approximate surface area is 102 Å². The maximum atomic E-state index is 12.1. The van der Waals surface area contributed by atoms with Crippen molar-refractivity contribution in [2.24, 2.45) is 0 Å². The van der Waals surface area contributed by atoms with Gasteiger partial charge in [-0.05, 0) is 33.6 Å². The number of aliphatic hydroxyl groups excluding tert-OH is 1. The van der Waals surface area contributed by atoms with Crippen molar-refractivity contribution in [2.45, 2.75) is 57.3 Å². The summed E-state index contributed by atoms with van der Waals surface area (Å²) >= 11 is 0. The molecule has 0 radical (unpaired) electrons. The summed E-state index contributed by atoms with van der Waals surface area (Å²) in [6.07, 6.45) is 1.69. The third kappa shape index (κ3) is 2.55. The zero-order valence-electron chi connectivity index (χ0n) is 10.8. The lowest BCUT2D eigenvalue weighted by Gasteiger charge is -2.40. The maximum Gasteiger partial charge on any atom is 0.410 e. The molecule has 0 aliphatic carbocycles. The Kier molecular flexibility index (Phi) is 3.32. The van der Waals surface area contributed by atoms with Crippen molar-refractivity contribution in [3.8, 4) is 0 Å². The Morgan fingerprint density at radius 2 is 2.18 bits per heavy atom. The van der Waals surface area contributed by atoms with Gasteiger partial charge in [-0.2, -0.15) is 0 Å².